The summed E-state index contributed by atoms with van der Waals surface area (Å²) in [5.74, 6) is 1.24. The molecule has 3 heterocycles. The average Bonchev–Trinajstić information content (AvgIpc) is 3.16. The van der Waals surface area contributed by atoms with Gasteiger partial charge in [0, 0.05) is 24.7 Å². The van der Waals surface area contributed by atoms with E-state index in [1.165, 1.54) is 6.92 Å². The number of hydrogen-bond acceptors (Lipinski definition) is 6. The largest absolute Gasteiger partial charge is 0.496 e. The van der Waals surface area contributed by atoms with Gasteiger partial charge < -0.3 is 14.0 Å². The maximum atomic E-state index is 13.7. The van der Waals surface area contributed by atoms with Crippen molar-refractivity contribution in [1.29, 1.82) is 0 Å². The first kappa shape index (κ1) is 21.4. The van der Waals surface area contributed by atoms with E-state index in [0.717, 1.165) is 31.0 Å². The van der Waals surface area contributed by atoms with E-state index in [1.807, 2.05) is 18.2 Å². The molecule has 1 saturated heterocycles. The second-order valence-electron chi connectivity index (χ2n) is 7.77. The standard InChI is InChI=1S/C22H24F3N3O3/c1-13-10-16(22(23,24)25)19-20(27-31-21(19)26-13)14-6-5-9-28(11-14)12-15-17(29-2)7-4-8-18(15)30-3/h4,7-8,10,14H,5-6,9,11-12H2,1-3H3/t14-/m0/s1. The van der Waals surface area contributed by atoms with E-state index in [4.69, 9.17) is 14.0 Å². The van der Waals surface area contributed by atoms with Crippen LogP contribution in [0.4, 0.5) is 13.2 Å². The Labute approximate surface area is 177 Å². The first-order valence-corrected chi connectivity index (χ1v) is 10.1. The summed E-state index contributed by atoms with van der Waals surface area (Å²) in [5.41, 5.74) is 0.676. The van der Waals surface area contributed by atoms with Crippen LogP contribution in [0.2, 0.25) is 0 Å². The zero-order chi connectivity index (χ0) is 22.2. The van der Waals surface area contributed by atoms with E-state index in [-0.39, 0.29) is 22.7 Å². The van der Waals surface area contributed by atoms with Crippen molar-refractivity contribution in [2.75, 3.05) is 27.3 Å². The Kier molecular flexibility index (Phi) is 5.79. The van der Waals surface area contributed by atoms with Crippen molar-refractivity contribution in [1.82, 2.24) is 15.0 Å². The highest BCUT2D eigenvalue weighted by atomic mass is 19.4. The third kappa shape index (κ3) is 4.19. The Morgan fingerprint density at radius 1 is 1.19 bits per heavy atom. The molecule has 1 aliphatic heterocycles. The number of halogens is 3. The minimum absolute atomic E-state index is 0.0279. The third-order valence-electron chi connectivity index (χ3n) is 5.71. The minimum Gasteiger partial charge on any atom is -0.496 e. The number of rotatable bonds is 5. The number of alkyl halides is 3. The van der Waals surface area contributed by atoms with Gasteiger partial charge in [-0.15, -0.1) is 0 Å². The van der Waals surface area contributed by atoms with Crippen LogP contribution >= 0.6 is 0 Å². The molecular formula is C22H24F3N3O3. The normalized spacial score (nSPS) is 17.8. The summed E-state index contributed by atoms with van der Waals surface area (Å²) in [6, 6.07) is 6.65. The van der Waals surface area contributed by atoms with Gasteiger partial charge in [-0.25, -0.2) is 4.98 Å². The highest BCUT2D eigenvalue weighted by Crippen LogP contribution is 2.40. The number of ether oxygens (including phenoxy) is 2. The van der Waals surface area contributed by atoms with Gasteiger partial charge in [0.15, 0.2) is 0 Å². The van der Waals surface area contributed by atoms with E-state index in [9.17, 15) is 13.2 Å². The lowest BCUT2D eigenvalue weighted by molar-refractivity contribution is -0.136. The number of likely N-dealkylation sites (tertiary alicyclic amines) is 1. The van der Waals surface area contributed by atoms with Crippen LogP contribution < -0.4 is 9.47 Å². The molecule has 1 atom stereocenters. The molecule has 0 radical (unpaired) electrons. The molecule has 1 aromatic carbocycles. The zero-order valence-electron chi connectivity index (χ0n) is 17.6. The first-order chi connectivity index (χ1) is 14.8. The molecule has 0 amide bonds. The van der Waals surface area contributed by atoms with Crippen LogP contribution in [-0.4, -0.2) is 42.3 Å². The summed E-state index contributed by atoms with van der Waals surface area (Å²) < 4.78 is 57.3. The van der Waals surface area contributed by atoms with Gasteiger partial charge in [0.05, 0.1) is 36.4 Å². The molecule has 6 nitrogen and oxygen atoms in total. The van der Waals surface area contributed by atoms with Gasteiger partial charge in [0.1, 0.15) is 11.5 Å². The maximum Gasteiger partial charge on any atom is 0.417 e. The number of hydrogen-bond donors (Lipinski definition) is 0. The van der Waals surface area contributed by atoms with Crippen molar-refractivity contribution in [3.63, 3.8) is 0 Å². The lowest BCUT2D eigenvalue weighted by Gasteiger charge is -2.32. The second-order valence-corrected chi connectivity index (χ2v) is 7.77. The van der Waals surface area contributed by atoms with Crippen LogP contribution in [0.5, 0.6) is 11.5 Å². The number of methoxy groups -OCH3 is 2. The average molecular weight is 435 g/mol. The summed E-state index contributed by atoms with van der Waals surface area (Å²) in [5, 5.41) is 4.00. The summed E-state index contributed by atoms with van der Waals surface area (Å²) in [7, 11) is 3.21. The quantitative estimate of drug-likeness (QED) is 0.565. The number of nitrogens with zero attached hydrogens (tertiary/aromatic N) is 3. The molecule has 1 fully saturated rings. The Morgan fingerprint density at radius 3 is 2.55 bits per heavy atom. The fraction of sp³-hybridized carbons (Fsp3) is 0.455. The van der Waals surface area contributed by atoms with Crippen molar-refractivity contribution < 1.29 is 27.2 Å². The molecule has 0 bridgehead atoms. The van der Waals surface area contributed by atoms with Gasteiger partial charge in [0.25, 0.3) is 5.71 Å². The minimum atomic E-state index is -4.51. The predicted octanol–water partition coefficient (Wildman–Crippen LogP) is 4.95. The summed E-state index contributed by atoms with van der Waals surface area (Å²) in [4.78, 5) is 6.31. The molecule has 31 heavy (non-hydrogen) atoms. The highest BCUT2D eigenvalue weighted by Gasteiger charge is 2.37. The molecule has 0 unspecified atom stereocenters. The Morgan fingerprint density at radius 2 is 1.90 bits per heavy atom. The number of aryl methyl sites for hydroxylation is 1. The number of piperidine rings is 1. The van der Waals surface area contributed by atoms with E-state index in [1.54, 1.807) is 14.2 Å². The van der Waals surface area contributed by atoms with Crippen molar-refractivity contribution in [2.45, 2.75) is 38.4 Å². The van der Waals surface area contributed by atoms with Crippen molar-refractivity contribution >= 4 is 11.1 Å². The molecule has 0 spiro atoms. The Hall–Kier alpha value is -2.81. The fourth-order valence-corrected chi connectivity index (χ4v) is 4.33. The van der Waals surface area contributed by atoms with Gasteiger partial charge in [-0.2, -0.15) is 13.2 Å². The molecular weight excluding hydrogens is 411 g/mol. The van der Waals surface area contributed by atoms with E-state index < -0.39 is 11.7 Å². The first-order valence-electron chi connectivity index (χ1n) is 10.1. The molecule has 1 aliphatic rings. The van der Waals surface area contributed by atoms with Crippen LogP contribution in [0, 0.1) is 6.92 Å². The number of fused-ring (bicyclic) bond motifs is 1. The second kappa shape index (κ2) is 8.37. The van der Waals surface area contributed by atoms with Crippen molar-refractivity contribution in [3.05, 3.63) is 46.8 Å². The number of pyridine rings is 1. The van der Waals surface area contributed by atoms with E-state index in [0.29, 0.717) is 30.3 Å². The number of benzene rings is 1. The Balaban J connectivity index is 1.66. The van der Waals surface area contributed by atoms with Crippen LogP contribution in [0.25, 0.3) is 11.1 Å². The topological polar surface area (TPSA) is 60.6 Å². The molecule has 0 aliphatic carbocycles. The van der Waals surface area contributed by atoms with Crippen molar-refractivity contribution in [3.8, 4) is 11.5 Å². The lowest BCUT2D eigenvalue weighted by atomic mass is 9.91. The molecule has 0 N–H and O–H groups in total. The molecule has 166 valence electrons. The predicted molar refractivity (Wildman–Crippen MR) is 108 cm³/mol. The summed E-state index contributed by atoms with van der Waals surface area (Å²) >= 11 is 0. The maximum absolute atomic E-state index is 13.7. The van der Waals surface area contributed by atoms with Gasteiger partial charge >= 0.3 is 6.18 Å². The fourth-order valence-electron chi connectivity index (χ4n) is 4.33. The van der Waals surface area contributed by atoms with Crippen LogP contribution in [-0.2, 0) is 12.7 Å². The monoisotopic (exact) mass is 435 g/mol. The lowest BCUT2D eigenvalue weighted by Crippen LogP contribution is -2.34. The highest BCUT2D eigenvalue weighted by molar-refractivity contribution is 5.81. The van der Waals surface area contributed by atoms with E-state index in [2.05, 4.69) is 15.0 Å². The third-order valence-corrected chi connectivity index (χ3v) is 5.71. The summed E-state index contributed by atoms with van der Waals surface area (Å²) in [6.45, 7) is 3.44. The smallest absolute Gasteiger partial charge is 0.417 e. The summed E-state index contributed by atoms with van der Waals surface area (Å²) in [6.07, 6.45) is -2.95. The molecule has 2 aromatic heterocycles. The molecule has 0 saturated carbocycles. The molecule has 9 heteroatoms. The van der Waals surface area contributed by atoms with Crippen molar-refractivity contribution in [2.24, 2.45) is 0 Å². The number of aromatic nitrogens is 2. The van der Waals surface area contributed by atoms with Gasteiger partial charge in [-0.3, -0.25) is 4.90 Å². The van der Waals surface area contributed by atoms with Crippen LogP contribution in [0.1, 0.15) is 41.3 Å². The zero-order valence-corrected chi connectivity index (χ0v) is 17.6. The van der Waals surface area contributed by atoms with Crippen LogP contribution in [0.15, 0.2) is 28.8 Å². The van der Waals surface area contributed by atoms with Gasteiger partial charge in [-0.1, -0.05) is 11.2 Å². The Bertz CT molecular complexity index is 1060. The molecule has 3 aromatic rings. The van der Waals surface area contributed by atoms with Crippen LogP contribution in [0.3, 0.4) is 0 Å². The van der Waals surface area contributed by atoms with Gasteiger partial charge in [-0.05, 0) is 44.5 Å². The van der Waals surface area contributed by atoms with E-state index >= 15 is 0 Å². The van der Waals surface area contributed by atoms with Gasteiger partial charge in [0.2, 0.25) is 0 Å². The molecule has 4 rings (SSSR count). The SMILES string of the molecule is COc1cccc(OC)c1CN1CCC[C@H](c2noc3nc(C)cc(C(F)(F)F)c23)C1.